The topological polar surface area (TPSA) is 66.0 Å². The van der Waals surface area contributed by atoms with Gasteiger partial charge in [-0.3, -0.25) is 0 Å². The van der Waals surface area contributed by atoms with Crippen LogP contribution in [0.15, 0.2) is 18.2 Å². The molecule has 19 heavy (non-hydrogen) atoms. The molecule has 0 aliphatic rings. The molecule has 0 aliphatic carbocycles. The molecule has 0 bridgehead atoms. The van der Waals surface area contributed by atoms with Crippen LogP contribution in [0.25, 0.3) is 0 Å². The van der Waals surface area contributed by atoms with Gasteiger partial charge in [-0.15, -0.1) is 0 Å². The Bertz CT molecular complexity index is 529. The van der Waals surface area contributed by atoms with E-state index in [0.29, 0.717) is 0 Å². The van der Waals surface area contributed by atoms with Gasteiger partial charge < -0.3 is 9.47 Å². The second kappa shape index (κ2) is 5.96. The zero-order chi connectivity index (χ0) is 14.5. The van der Waals surface area contributed by atoms with E-state index in [1.165, 1.54) is 25.3 Å². The minimum Gasteiger partial charge on any atom is -0.497 e. The van der Waals surface area contributed by atoms with E-state index in [1.54, 1.807) is 0 Å². The molecule has 0 fully saturated rings. The summed E-state index contributed by atoms with van der Waals surface area (Å²) < 4.78 is 46.8. The molecule has 0 spiro atoms. The molecular formula is C12H9F3N2O2. The number of methoxy groups -OCH3 is 1. The van der Waals surface area contributed by atoms with Crippen LogP contribution in [-0.4, -0.2) is 19.9 Å². The first-order chi connectivity index (χ1) is 8.90. The molecule has 0 aliphatic heterocycles. The van der Waals surface area contributed by atoms with Crippen molar-refractivity contribution < 1.29 is 22.6 Å². The molecule has 0 radical (unpaired) electrons. The fraction of sp³-hybridized carbons (Fsp3) is 0.333. The number of hydrogen-bond acceptors (Lipinski definition) is 4. The van der Waals surface area contributed by atoms with Crippen molar-refractivity contribution in [3.8, 4) is 23.6 Å². The van der Waals surface area contributed by atoms with E-state index in [0.717, 1.165) is 6.07 Å². The lowest BCUT2D eigenvalue weighted by Gasteiger charge is -2.14. The second-order valence-electron chi connectivity index (χ2n) is 3.54. The first-order valence-electron chi connectivity index (χ1n) is 5.09. The number of benzene rings is 1. The molecule has 7 heteroatoms. The van der Waals surface area contributed by atoms with Crippen LogP contribution >= 0.6 is 0 Å². The zero-order valence-corrected chi connectivity index (χ0v) is 9.86. The lowest BCUT2D eigenvalue weighted by molar-refractivity contribution is -0.165. The Balaban J connectivity index is 2.84. The fourth-order valence-corrected chi connectivity index (χ4v) is 1.22. The van der Waals surface area contributed by atoms with Crippen molar-refractivity contribution in [3.05, 3.63) is 23.8 Å². The van der Waals surface area contributed by atoms with E-state index in [-0.39, 0.29) is 17.1 Å². The van der Waals surface area contributed by atoms with Crippen molar-refractivity contribution in [2.45, 2.75) is 6.18 Å². The molecule has 100 valence electrons. The summed E-state index contributed by atoms with van der Waals surface area (Å²) in [6.07, 6.45) is -4.65. The minimum atomic E-state index is -4.65. The van der Waals surface area contributed by atoms with E-state index in [1.807, 2.05) is 6.07 Å². The third kappa shape index (κ3) is 4.07. The quantitative estimate of drug-likeness (QED) is 0.843. The summed E-state index contributed by atoms with van der Waals surface area (Å²) in [5, 5.41) is 17.2. The van der Waals surface area contributed by atoms with Crippen LogP contribution in [0, 0.1) is 28.6 Å². The standard InChI is InChI=1S/C12H9F3N2O2/c1-18-10-2-8(5-16)3-11(4-10)19-7-9(6-17)12(13,14)15/h2-4,9H,7H2,1H3. The maximum absolute atomic E-state index is 12.3. The first kappa shape index (κ1) is 14.7. The molecule has 1 rings (SSSR count). The van der Waals surface area contributed by atoms with E-state index >= 15 is 0 Å². The highest BCUT2D eigenvalue weighted by molar-refractivity contribution is 5.43. The van der Waals surface area contributed by atoms with Gasteiger partial charge in [0.1, 0.15) is 18.1 Å². The Morgan fingerprint density at radius 2 is 1.84 bits per heavy atom. The highest BCUT2D eigenvalue weighted by atomic mass is 19.4. The van der Waals surface area contributed by atoms with Gasteiger partial charge in [0.05, 0.1) is 24.8 Å². The number of nitriles is 2. The van der Waals surface area contributed by atoms with Crippen LogP contribution in [0.2, 0.25) is 0 Å². The van der Waals surface area contributed by atoms with Crippen LogP contribution in [0.5, 0.6) is 11.5 Å². The number of rotatable bonds is 4. The third-order valence-corrected chi connectivity index (χ3v) is 2.21. The number of ether oxygens (including phenoxy) is 2. The largest absolute Gasteiger partial charge is 0.497 e. The van der Waals surface area contributed by atoms with E-state index in [2.05, 4.69) is 0 Å². The molecule has 1 aromatic carbocycles. The minimum absolute atomic E-state index is 0.0420. The van der Waals surface area contributed by atoms with Gasteiger partial charge in [0.15, 0.2) is 5.92 Å². The summed E-state index contributed by atoms with van der Waals surface area (Å²) in [6, 6.07) is 6.98. The van der Waals surface area contributed by atoms with Gasteiger partial charge in [-0.05, 0) is 12.1 Å². The Morgan fingerprint density at radius 3 is 2.32 bits per heavy atom. The maximum atomic E-state index is 12.3. The van der Waals surface area contributed by atoms with Gasteiger partial charge in [0.2, 0.25) is 0 Å². The van der Waals surface area contributed by atoms with Gasteiger partial charge >= 0.3 is 6.18 Å². The van der Waals surface area contributed by atoms with Gasteiger partial charge in [0, 0.05) is 6.07 Å². The fourth-order valence-electron chi connectivity index (χ4n) is 1.22. The van der Waals surface area contributed by atoms with Crippen molar-refractivity contribution >= 4 is 0 Å². The Hall–Kier alpha value is -2.41. The molecule has 1 aromatic rings. The highest BCUT2D eigenvalue weighted by Gasteiger charge is 2.40. The summed E-state index contributed by atoms with van der Waals surface area (Å²) in [4.78, 5) is 0. The summed E-state index contributed by atoms with van der Waals surface area (Å²) in [7, 11) is 1.36. The van der Waals surface area contributed by atoms with Crippen molar-refractivity contribution in [2.24, 2.45) is 5.92 Å². The van der Waals surface area contributed by atoms with Gasteiger partial charge in [-0.1, -0.05) is 0 Å². The number of halogens is 3. The zero-order valence-electron chi connectivity index (χ0n) is 9.86. The van der Waals surface area contributed by atoms with Crippen molar-refractivity contribution in [3.63, 3.8) is 0 Å². The second-order valence-corrected chi connectivity index (χ2v) is 3.54. The molecule has 0 saturated carbocycles. The molecule has 0 aromatic heterocycles. The molecule has 0 amide bonds. The van der Waals surface area contributed by atoms with Crippen molar-refractivity contribution in [2.75, 3.05) is 13.7 Å². The van der Waals surface area contributed by atoms with Crippen molar-refractivity contribution in [1.29, 1.82) is 10.5 Å². The summed E-state index contributed by atoms with van der Waals surface area (Å²) in [5.74, 6) is -1.89. The third-order valence-electron chi connectivity index (χ3n) is 2.21. The molecule has 0 saturated heterocycles. The van der Waals surface area contributed by atoms with Gasteiger partial charge in [0.25, 0.3) is 0 Å². The smallest absolute Gasteiger partial charge is 0.407 e. The SMILES string of the molecule is COc1cc(C#N)cc(OCC(C#N)C(F)(F)F)c1. The molecule has 1 atom stereocenters. The summed E-state index contributed by atoms with van der Waals surface area (Å²) in [5.41, 5.74) is 0.190. The number of alkyl halides is 3. The van der Waals surface area contributed by atoms with Crippen LogP contribution in [-0.2, 0) is 0 Å². The Kier molecular flexibility index (Phi) is 4.60. The predicted molar refractivity (Wildman–Crippen MR) is 58.4 cm³/mol. The summed E-state index contributed by atoms with van der Waals surface area (Å²) >= 11 is 0. The molecule has 0 N–H and O–H groups in total. The Morgan fingerprint density at radius 1 is 1.21 bits per heavy atom. The van der Waals surface area contributed by atoms with Crippen LogP contribution < -0.4 is 9.47 Å². The van der Waals surface area contributed by atoms with Crippen LogP contribution in [0.1, 0.15) is 5.56 Å². The van der Waals surface area contributed by atoms with E-state index in [4.69, 9.17) is 20.0 Å². The van der Waals surface area contributed by atoms with Gasteiger partial charge in [-0.2, -0.15) is 23.7 Å². The molecule has 1 unspecified atom stereocenters. The normalized spacial score (nSPS) is 12.1. The highest BCUT2D eigenvalue weighted by Crippen LogP contribution is 2.28. The van der Waals surface area contributed by atoms with Gasteiger partial charge in [-0.25, -0.2) is 0 Å². The molecule has 0 heterocycles. The number of nitrogens with zero attached hydrogens (tertiary/aromatic N) is 2. The Labute approximate surface area is 107 Å². The van der Waals surface area contributed by atoms with Crippen LogP contribution in [0.3, 0.4) is 0 Å². The molecular weight excluding hydrogens is 261 g/mol. The average Bonchev–Trinajstić information content (AvgIpc) is 2.37. The lowest BCUT2D eigenvalue weighted by atomic mass is 10.2. The summed E-state index contributed by atoms with van der Waals surface area (Å²) in [6.45, 7) is -0.835. The van der Waals surface area contributed by atoms with E-state index in [9.17, 15) is 13.2 Å². The number of hydrogen-bond donors (Lipinski definition) is 0. The van der Waals surface area contributed by atoms with Crippen LogP contribution in [0.4, 0.5) is 13.2 Å². The monoisotopic (exact) mass is 270 g/mol. The predicted octanol–water partition coefficient (Wildman–Crippen LogP) is 2.65. The molecule has 4 nitrogen and oxygen atoms in total. The van der Waals surface area contributed by atoms with Crippen molar-refractivity contribution in [1.82, 2.24) is 0 Å². The lowest BCUT2D eigenvalue weighted by Crippen LogP contribution is -2.27. The maximum Gasteiger partial charge on any atom is 0.407 e. The van der Waals surface area contributed by atoms with E-state index < -0.39 is 18.7 Å². The first-order valence-corrected chi connectivity index (χ1v) is 5.09. The average molecular weight is 270 g/mol.